The lowest BCUT2D eigenvalue weighted by Crippen LogP contribution is -2.09. The minimum Gasteiger partial charge on any atom is -0.508 e. The first-order chi connectivity index (χ1) is 9.60. The van der Waals surface area contributed by atoms with E-state index in [0.29, 0.717) is 0 Å². The van der Waals surface area contributed by atoms with Gasteiger partial charge in [0.2, 0.25) is 0 Å². The molecule has 0 aliphatic carbocycles. The molecule has 2 aromatic rings. The van der Waals surface area contributed by atoms with Crippen LogP contribution in [0.1, 0.15) is 24.9 Å². The highest BCUT2D eigenvalue weighted by Gasteiger charge is 2.13. The SMILES string of the molecule is CCC(Nc1ccc(O)cc1)c1cccc([N+](=O)[O-])c1. The second kappa shape index (κ2) is 6.06. The van der Waals surface area contributed by atoms with Crippen LogP contribution in [-0.4, -0.2) is 10.0 Å². The van der Waals surface area contributed by atoms with Crippen molar-refractivity contribution < 1.29 is 10.0 Å². The molecule has 5 nitrogen and oxygen atoms in total. The van der Waals surface area contributed by atoms with E-state index >= 15 is 0 Å². The summed E-state index contributed by atoms with van der Waals surface area (Å²) in [6.07, 6.45) is 0.794. The van der Waals surface area contributed by atoms with Gasteiger partial charge >= 0.3 is 0 Å². The van der Waals surface area contributed by atoms with Gasteiger partial charge in [0, 0.05) is 17.8 Å². The van der Waals surface area contributed by atoms with Crippen molar-refractivity contribution in [1.82, 2.24) is 0 Å². The van der Waals surface area contributed by atoms with Gasteiger partial charge in [-0.1, -0.05) is 19.1 Å². The Morgan fingerprint density at radius 3 is 2.55 bits per heavy atom. The maximum absolute atomic E-state index is 10.8. The minimum atomic E-state index is -0.392. The summed E-state index contributed by atoms with van der Waals surface area (Å²) in [7, 11) is 0. The van der Waals surface area contributed by atoms with Crippen LogP contribution in [0.3, 0.4) is 0 Å². The molecule has 1 unspecified atom stereocenters. The molecule has 0 saturated carbocycles. The fourth-order valence-electron chi connectivity index (χ4n) is 2.04. The smallest absolute Gasteiger partial charge is 0.269 e. The molecule has 20 heavy (non-hydrogen) atoms. The topological polar surface area (TPSA) is 75.4 Å². The van der Waals surface area contributed by atoms with Gasteiger partial charge in [-0.05, 0) is 36.2 Å². The van der Waals surface area contributed by atoms with Crippen LogP contribution in [0.5, 0.6) is 5.75 Å². The summed E-state index contributed by atoms with van der Waals surface area (Å²) in [6.45, 7) is 2.01. The first-order valence-electron chi connectivity index (χ1n) is 6.40. The Morgan fingerprint density at radius 1 is 1.25 bits per heavy atom. The second-order valence-electron chi connectivity index (χ2n) is 4.50. The summed E-state index contributed by atoms with van der Waals surface area (Å²) in [4.78, 5) is 10.4. The van der Waals surface area contributed by atoms with Crippen LogP contribution in [0.2, 0.25) is 0 Å². The van der Waals surface area contributed by atoms with E-state index in [4.69, 9.17) is 0 Å². The largest absolute Gasteiger partial charge is 0.508 e. The summed E-state index contributed by atoms with van der Waals surface area (Å²) in [5.74, 6) is 0.207. The van der Waals surface area contributed by atoms with Crippen molar-refractivity contribution in [3.8, 4) is 5.75 Å². The van der Waals surface area contributed by atoms with Gasteiger partial charge in [-0.15, -0.1) is 0 Å². The van der Waals surface area contributed by atoms with Gasteiger partial charge in [0.1, 0.15) is 5.75 Å². The van der Waals surface area contributed by atoms with Gasteiger partial charge in [0.15, 0.2) is 0 Å². The molecular weight excluding hydrogens is 256 g/mol. The Labute approximate surface area is 117 Å². The molecule has 0 aromatic heterocycles. The zero-order chi connectivity index (χ0) is 14.5. The molecule has 0 radical (unpaired) electrons. The molecule has 104 valence electrons. The molecule has 0 saturated heterocycles. The number of aromatic hydroxyl groups is 1. The number of nitrogens with zero attached hydrogens (tertiary/aromatic N) is 1. The number of nitrogens with one attached hydrogen (secondary N) is 1. The fourth-order valence-corrected chi connectivity index (χ4v) is 2.04. The molecule has 0 heterocycles. The summed E-state index contributed by atoms with van der Waals surface area (Å²) < 4.78 is 0. The third-order valence-corrected chi connectivity index (χ3v) is 3.10. The van der Waals surface area contributed by atoms with E-state index in [-0.39, 0.29) is 17.5 Å². The first-order valence-corrected chi connectivity index (χ1v) is 6.40. The molecule has 0 amide bonds. The Morgan fingerprint density at radius 2 is 1.95 bits per heavy atom. The van der Waals surface area contributed by atoms with Gasteiger partial charge in [0.25, 0.3) is 5.69 Å². The molecular formula is C15H16N2O3. The Hall–Kier alpha value is -2.56. The molecule has 2 N–H and O–H groups in total. The molecule has 2 rings (SSSR count). The molecule has 0 aliphatic rings. The van der Waals surface area contributed by atoms with E-state index in [1.165, 1.54) is 6.07 Å². The van der Waals surface area contributed by atoms with E-state index in [9.17, 15) is 15.2 Å². The number of phenolic OH excluding ortho intramolecular Hbond substituents is 1. The van der Waals surface area contributed by atoms with E-state index in [1.807, 2.05) is 13.0 Å². The van der Waals surface area contributed by atoms with Crippen molar-refractivity contribution in [3.63, 3.8) is 0 Å². The van der Waals surface area contributed by atoms with Crippen LogP contribution in [0.15, 0.2) is 48.5 Å². The fraction of sp³-hybridized carbons (Fsp3) is 0.200. The van der Waals surface area contributed by atoms with Crippen molar-refractivity contribution in [3.05, 3.63) is 64.2 Å². The Kier molecular flexibility index (Phi) is 4.20. The number of phenols is 1. The van der Waals surface area contributed by atoms with E-state index in [0.717, 1.165) is 17.7 Å². The van der Waals surface area contributed by atoms with Crippen LogP contribution >= 0.6 is 0 Å². The summed E-state index contributed by atoms with van der Waals surface area (Å²) in [5, 5.41) is 23.4. The molecule has 0 bridgehead atoms. The highest BCUT2D eigenvalue weighted by Crippen LogP contribution is 2.26. The second-order valence-corrected chi connectivity index (χ2v) is 4.50. The minimum absolute atomic E-state index is 0.0144. The average Bonchev–Trinajstić information content (AvgIpc) is 2.46. The van der Waals surface area contributed by atoms with Gasteiger partial charge in [-0.2, -0.15) is 0 Å². The number of nitro benzene ring substituents is 1. The lowest BCUT2D eigenvalue weighted by Gasteiger charge is -2.18. The van der Waals surface area contributed by atoms with Gasteiger partial charge in [0.05, 0.1) is 11.0 Å². The molecule has 0 spiro atoms. The molecule has 0 fully saturated rings. The molecule has 0 aliphatic heterocycles. The Balaban J connectivity index is 2.21. The number of hydrogen-bond donors (Lipinski definition) is 2. The molecule has 2 aromatic carbocycles. The van der Waals surface area contributed by atoms with Crippen molar-refractivity contribution in [2.75, 3.05) is 5.32 Å². The Bertz CT molecular complexity index is 596. The quantitative estimate of drug-likeness (QED) is 0.492. The van der Waals surface area contributed by atoms with E-state index in [2.05, 4.69) is 5.32 Å². The van der Waals surface area contributed by atoms with Crippen molar-refractivity contribution in [2.45, 2.75) is 19.4 Å². The van der Waals surface area contributed by atoms with Crippen molar-refractivity contribution in [1.29, 1.82) is 0 Å². The summed E-state index contributed by atoms with van der Waals surface area (Å²) in [5.41, 5.74) is 1.82. The number of nitro groups is 1. The maximum atomic E-state index is 10.8. The number of non-ortho nitro benzene ring substituents is 1. The summed E-state index contributed by atoms with van der Waals surface area (Å²) in [6, 6.07) is 13.4. The van der Waals surface area contributed by atoms with Crippen LogP contribution in [-0.2, 0) is 0 Å². The van der Waals surface area contributed by atoms with E-state index in [1.54, 1.807) is 36.4 Å². The third kappa shape index (κ3) is 3.26. The van der Waals surface area contributed by atoms with Crippen molar-refractivity contribution >= 4 is 11.4 Å². The number of anilines is 1. The monoisotopic (exact) mass is 272 g/mol. The average molecular weight is 272 g/mol. The zero-order valence-corrected chi connectivity index (χ0v) is 11.1. The first kappa shape index (κ1) is 13.9. The van der Waals surface area contributed by atoms with Gasteiger partial charge < -0.3 is 10.4 Å². The predicted octanol–water partition coefficient (Wildman–Crippen LogP) is 3.86. The number of benzene rings is 2. The third-order valence-electron chi connectivity index (χ3n) is 3.10. The zero-order valence-electron chi connectivity index (χ0n) is 11.1. The highest BCUT2D eigenvalue weighted by atomic mass is 16.6. The van der Waals surface area contributed by atoms with Crippen molar-refractivity contribution in [2.24, 2.45) is 0 Å². The van der Waals surface area contributed by atoms with Crippen LogP contribution in [0, 0.1) is 10.1 Å². The molecule has 1 atom stereocenters. The predicted molar refractivity (Wildman–Crippen MR) is 77.9 cm³/mol. The van der Waals surface area contributed by atoms with Crippen LogP contribution < -0.4 is 5.32 Å². The number of hydrogen-bond acceptors (Lipinski definition) is 4. The highest BCUT2D eigenvalue weighted by molar-refractivity contribution is 5.48. The lowest BCUT2D eigenvalue weighted by molar-refractivity contribution is -0.384. The van der Waals surface area contributed by atoms with Crippen LogP contribution in [0.25, 0.3) is 0 Å². The lowest BCUT2D eigenvalue weighted by atomic mass is 10.0. The van der Waals surface area contributed by atoms with Gasteiger partial charge in [-0.3, -0.25) is 10.1 Å². The summed E-state index contributed by atoms with van der Waals surface area (Å²) >= 11 is 0. The molecule has 5 heteroatoms. The number of rotatable bonds is 5. The van der Waals surface area contributed by atoms with Crippen LogP contribution in [0.4, 0.5) is 11.4 Å². The normalized spacial score (nSPS) is 11.8. The maximum Gasteiger partial charge on any atom is 0.269 e. The van der Waals surface area contributed by atoms with Gasteiger partial charge in [-0.25, -0.2) is 0 Å². The van der Waals surface area contributed by atoms with E-state index < -0.39 is 4.92 Å². The standard InChI is InChI=1S/C15H16N2O3/c1-2-15(16-12-6-8-14(18)9-7-12)11-4-3-5-13(10-11)17(19)20/h3-10,15-16,18H,2H2,1H3.